The van der Waals surface area contributed by atoms with Gasteiger partial charge in [0.15, 0.2) is 9.84 Å². The van der Waals surface area contributed by atoms with Gasteiger partial charge in [-0.2, -0.15) is 0 Å². The second-order valence-corrected chi connectivity index (χ2v) is 7.58. The molecule has 4 nitrogen and oxygen atoms in total. The molecule has 0 saturated heterocycles. The minimum Gasteiger partial charge on any atom is -0.256 e. The molecule has 0 aliphatic heterocycles. The highest BCUT2D eigenvalue weighted by molar-refractivity contribution is 7.90. The molecule has 0 aliphatic carbocycles. The summed E-state index contributed by atoms with van der Waals surface area (Å²) in [4.78, 5) is 8.98. The number of sulfone groups is 1. The molecule has 1 aromatic heterocycles. The van der Waals surface area contributed by atoms with Crippen LogP contribution >= 0.6 is 0 Å². The first-order valence-electron chi connectivity index (χ1n) is 7.59. The van der Waals surface area contributed by atoms with Crippen molar-refractivity contribution in [3.63, 3.8) is 0 Å². The summed E-state index contributed by atoms with van der Waals surface area (Å²) in [5.74, 6) is 0. The molecule has 1 heterocycles. The zero-order valence-corrected chi connectivity index (χ0v) is 14.4. The molecule has 124 valence electrons. The lowest BCUT2D eigenvalue weighted by Crippen LogP contribution is -1.97. The van der Waals surface area contributed by atoms with Gasteiger partial charge in [-0.25, -0.2) is 13.4 Å². The third-order valence-electron chi connectivity index (χ3n) is 3.64. The zero-order chi connectivity index (χ0) is 17.9. The molecule has 0 spiro atoms. The summed E-state index contributed by atoms with van der Waals surface area (Å²) < 4.78 is 23.1. The quantitative estimate of drug-likeness (QED) is 0.720. The van der Waals surface area contributed by atoms with Crippen molar-refractivity contribution in [3.05, 3.63) is 84.7 Å². The number of hydrogen-bond acceptors (Lipinski definition) is 4. The lowest BCUT2D eigenvalue weighted by molar-refractivity contribution is 0.602. The topological polar surface area (TPSA) is 59.9 Å². The Labute approximate surface area is 147 Å². The van der Waals surface area contributed by atoms with Crippen LogP contribution in [0.4, 0.5) is 0 Å². The largest absolute Gasteiger partial charge is 0.256 e. The standard InChI is InChI=1S/C20H16N2O2S/c1-15-19(13-8-16-6-4-3-5-7-16)22-20(14-21-15)17-9-11-18(12-10-17)25(2,23)24/h1,3-14H,2H3/b13-8+. The van der Waals surface area contributed by atoms with Crippen molar-refractivity contribution in [2.75, 3.05) is 6.26 Å². The average Bonchev–Trinajstić information content (AvgIpc) is 2.61. The van der Waals surface area contributed by atoms with Gasteiger partial charge in [0, 0.05) is 18.7 Å². The summed E-state index contributed by atoms with van der Waals surface area (Å²) >= 11 is 0. The van der Waals surface area contributed by atoms with E-state index in [1.54, 1.807) is 30.5 Å². The van der Waals surface area contributed by atoms with Crippen LogP contribution in [0.2, 0.25) is 0 Å². The average molecular weight is 348 g/mol. The third kappa shape index (κ3) is 4.19. The van der Waals surface area contributed by atoms with E-state index < -0.39 is 9.84 Å². The van der Waals surface area contributed by atoms with Gasteiger partial charge in [0.05, 0.1) is 28.2 Å². The van der Waals surface area contributed by atoms with E-state index in [-0.39, 0.29) is 4.90 Å². The number of aromatic nitrogens is 2. The predicted molar refractivity (Wildman–Crippen MR) is 99.3 cm³/mol. The number of hydrogen-bond donors (Lipinski definition) is 0. The normalized spacial score (nSPS) is 11.8. The SMILES string of the molecule is [CH]c1ncc(-c2ccc(S(C)(=O)=O)cc2)nc1/C=C/c1ccccc1. The molecule has 25 heavy (non-hydrogen) atoms. The molecular weight excluding hydrogens is 332 g/mol. The molecule has 0 fully saturated rings. The third-order valence-corrected chi connectivity index (χ3v) is 4.77. The van der Waals surface area contributed by atoms with Gasteiger partial charge < -0.3 is 0 Å². The maximum absolute atomic E-state index is 11.5. The Kier molecular flexibility index (Phi) is 4.76. The van der Waals surface area contributed by atoms with Crippen LogP contribution in [-0.2, 0) is 9.84 Å². The van der Waals surface area contributed by atoms with Crippen LogP contribution in [0, 0.1) is 6.92 Å². The fourth-order valence-corrected chi connectivity index (χ4v) is 2.92. The molecule has 0 N–H and O–H groups in total. The molecule has 5 heteroatoms. The summed E-state index contributed by atoms with van der Waals surface area (Å²) in [6, 6.07) is 16.4. The van der Waals surface area contributed by atoms with Crippen LogP contribution in [0.3, 0.4) is 0 Å². The molecule has 2 radical (unpaired) electrons. The van der Waals surface area contributed by atoms with E-state index in [1.165, 1.54) is 6.26 Å². The Bertz CT molecular complexity index is 1010. The first-order valence-corrected chi connectivity index (χ1v) is 9.49. The maximum atomic E-state index is 11.5. The Morgan fingerprint density at radius 2 is 1.64 bits per heavy atom. The van der Waals surface area contributed by atoms with Crippen LogP contribution in [0.25, 0.3) is 23.4 Å². The van der Waals surface area contributed by atoms with Crippen LogP contribution in [-0.4, -0.2) is 24.6 Å². The maximum Gasteiger partial charge on any atom is 0.175 e. The monoisotopic (exact) mass is 348 g/mol. The van der Waals surface area contributed by atoms with Crippen molar-refractivity contribution in [3.8, 4) is 11.3 Å². The van der Waals surface area contributed by atoms with Crippen LogP contribution in [0.15, 0.2) is 65.7 Å². The Balaban J connectivity index is 1.92. The summed E-state index contributed by atoms with van der Waals surface area (Å²) in [5, 5.41) is 0. The second-order valence-electron chi connectivity index (χ2n) is 5.57. The van der Waals surface area contributed by atoms with Crippen molar-refractivity contribution in [2.24, 2.45) is 0 Å². The molecule has 0 saturated carbocycles. The van der Waals surface area contributed by atoms with Gasteiger partial charge in [-0.15, -0.1) is 0 Å². The minimum atomic E-state index is -3.22. The molecule has 0 atom stereocenters. The molecule has 3 aromatic rings. The van der Waals surface area contributed by atoms with E-state index in [0.717, 1.165) is 11.1 Å². The van der Waals surface area contributed by atoms with Gasteiger partial charge in [0.25, 0.3) is 0 Å². The Hall–Kier alpha value is -2.79. The van der Waals surface area contributed by atoms with E-state index in [9.17, 15) is 8.42 Å². The lowest BCUT2D eigenvalue weighted by Gasteiger charge is -2.05. The zero-order valence-electron chi connectivity index (χ0n) is 13.6. The molecule has 3 rings (SSSR count). The number of nitrogens with zero attached hydrogens (tertiary/aromatic N) is 2. The molecule has 0 aliphatic rings. The first kappa shape index (κ1) is 17.0. The van der Waals surface area contributed by atoms with Gasteiger partial charge >= 0.3 is 0 Å². The van der Waals surface area contributed by atoms with E-state index in [2.05, 4.69) is 9.97 Å². The van der Waals surface area contributed by atoms with Gasteiger partial charge in [-0.05, 0) is 23.8 Å². The van der Waals surface area contributed by atoms with E-state index in [4.69, 9.17) is 6.92 Å². The Morgan fingerprint density at radius 3 is 2.28 bits per heavy atom. The fraction of sp³-hybridized carbons (Fsp3) is 0.0500. The summed E-state index contributed by atoms with van der Waals surface area (Å²) in [6.07, 6.45) is 6.48. The van der Waals surface area contributed by atoms with Crippen molar-refractivity contribution < 1.29 is 8.42 Å². The molecular formula is C20H16N2O2S. The van der Waals surface area contributed by atoms with Crippen molar-refractivity contribution in [1.82, 2.24) is 9.97 Å². The minimum absolute atomic E-state index is 0.267. The van der Waals surface area contributed by atoms with Gasteiger partial charge in [-0.3, -0.25) is 4.98 Å². The molecule has 0 bridgehead atoms. The summed E-state index contributed by atoms with van der Waals surface area (Å²) in [5.41, 5.74) is 3.33. The van der Waals surface area contributed by atoms with Crippen LogP contribution in [0.5, 0.6) is 0 Å². The van der Waals surface area contributed by atoms with Crippen LogP contribution in [0.1, 0.15) is 17.0 Å². The summed E-state index contributed by atoms with van der Waals surface area (Å²) in [6.45, 7) is 5.91. The van der Waals surface area contributed by atoms with E-state index in [0.29, 0.717) is 17.1 Å². The smallest absolute Gasteiger partial charge is 0.175 e. The van der Waals surface area contributed by atoms with Crippen LogP contribution < -0.4 is 0 Å². The van der Waals surface area contributed by atoms with Gasteiger partial charge in [0.1, 0.15) is 0 Å². The summed E-state index contributed by atoms with van der Waals surface area (Å²) in [7, 11) is -3.22. The highest BCUT2D eigenvalue weighted by Gasteiger charge is 2.08. The van der Waals surface area contributed by atoms with Gasteiger partial charge in [0.2, 0.25) is 0 Å². The van der Waals surface area contributed by atoms with E-state index >= 15 is 0 Å². The van der Waals surface area contributed by atoms with Crippen molar-refractivity contribution >= 4 is 22.0 Å². The Morgan fingerprint density at radius 1 is 0.960 bits per heavy atom. The first-order chi connectivity index (χ1) is 11.9. The van der Waals surface area contributed by atoms with E-state index in [1.807, 2.05) is 42.5 Å². The molecule has 2 aromatic carbocycles. The van der Waals surface area contributed by atoms with Crippen molar-refractivity contribution in [1.29, 1.82) is 0 Å². The van der Waals surface area contributed by atoms with Crippen molar-refractivity contribution in [2.45, 2.75) is 4.90 Å². The second kappa shape index (κ2) is 6.99. The highest BCUT2D eigenvalue weighted by Crippen LogP contribution is 2.21. The molecule has 0 amide bonds. The lowest BCUT2D eigenvalue weighted by atomic mass is 10.1. The number of benzene rings is 2. The highest BCUT2D eigenvalue weighted by atomic mass is 32.2. The fourth-order valence-electron chi connectivity index (χ4n) is 2.29. The predicted octanol–water partition coefficient (Wildman–Crippen LogP) is 3.78. The molecule has 0 unspecified atom stereocenters. The number of rotatable bonds is 4. The van der Waals surface area contributed by atoms with Gasteiger partial charge in [-0.1, -0.05) is 48.5 Å².